The predicted molar refractivity (Wildman–Crippen MR) is 74.8 cm³/mol. The molecule has 0 spiro atoms. The van der Waals surface area contributed by atoms with Crippen molar-refractivity contribution in [2.75, 3.05) is 6.54 Å². The van der Waals surface area contributed by atoms with E-state index in [1.807, 2.05) is 0 Å². The summed E-state index contributed by atoms with van der Waals surface area (Å²) in [6, 6.07) is 7.00. The van der Waals surface area contributed by atoms with Crippen molar-refractivity contribution >= 4 is 15.9 Å². The molecule has 1 rings (SSSR count). The van der Waals surface area contributed by atoms with E-state index in [1.54, 1.807) is 0 Å². The third-order valence-corrected chi connectivity index (χ3v) is 3.98. The van der Waals surface area contributed by atoms with Gasteiger partial charge in [-0.3, -0.25) is 0 Å². The third-order valence-electron chi connectivity index (χ3n) is 2.89. The first-order chi connectivity index (χ1) is 7.70. The standard InChI is InChI=1S/C14H22BrN/c1-4-6-10-13(16-5-2)12-9-7-8-11(3)14(12)15/h7-9,13,16H,4-6,10H2,1-3H3. The van der Waals surface area contributed by atoms with Gasteiger partial charge in [-0.2, -0.15) is 0 Å². The number of hydrogen-bond acceptors (Lipinski definition) is 1. The van der Waals surface area contributed by atoms with E-state index in [9.17, 15) is 0 Å². The summed E-state index contributed by atoms with van der Waals surface area (Å²) in [5.41, 5.74) is 2.72. The normalized spacial score (nSPS) is 12.8. The lowest BCUT2D eigenvalue weighted by Crippen LogP contribution is -2.21. The molecule has 0 aliphatic carbocycles. The molecule has 0 aliphatic rings. The molecule has 0 amide bonds. The summed E-state index contributed by atoms with van der Waals surface area (Å²) in [4.78, 5) is 0. The molecular weight excluding hydrogens is 262 g/mol. The molecular formula is C14H22BrN. The van der Waals surface area contributed by atoms with Crippen LogP contribution in [0.1, 0.15) is 50.3 Å². The number of nitrogens with one attached hydrogen (secondary N) is 1. The average molecular weight is 284 g/mol. The Morgan fingerprint density at radius 3 is 2.69 bits per heavy atom. The smallest absolute Gasteiger partial charge is 0.0331 e. The maximum absolute atomic E-state index is 3.70. The Morgan fingerprint density at radius 1 is 1.31 bits per heavy atom. The Morgan fingerprint density at radius 2 is 2.06 bits per heavy atom. The Balaban J connectivity index is 2.86. The molecule has 1 aromatic rings. The first kappa shape index (κ1) is 13.7. The molecule has 1 atom stereocenters. The maximum atomic E-state index is 3.70. The summed E-state index contributed by atoms with van der Waals surface area (Å²) in [5, 5.41) is 3.57. The van der Waals surface area contributed by atoms with Crippen LogP contribution in [-0.4, -0.2) is 6.54 Å². The zero-order valence-corrected chi connectivity index (χ0v) is 12.1. The van der Waals surface area contributed by atoms with Crippen LogP contribution in [0.15, 0.2) is 22.7 Å². The monoisotopic (exact) mass is 283 g/mol. The van der Waals surface area contributed by atoms with Crippen LogP contribution in [0.4, 0.5) is 0 Å². The second kappa shape index (κ2) is 7.08. The largest absolute Gasteiger partial charge is 0.310 e. The molecule has 2 heteroatoms. The van der Waals surface area contributed by atoms with Crippen LogP contribution in [0.2, 0.25) is 0 Å². The molecule has 0 fully saturated rings. The molecule has 1 unspecified atom stereocenters. The van der Waals surface area contributed by atoms with Gasteiger partial charge in [0.05, 0.1) is 0 Å². The van der Waals surface area contributed by atoms with Gasteiger partial charge in [-0.05, 0) is 31.0 Å². The lowest BCUT2D eigenvalue weighted by molar-refractivity contribution is 0.493. The second-order valence-electron chi connectivity index (χ2n) is 4.23. The molecule has 0 saturated carbocycles. The molecule has 1 nitrogen and oxygen atoms in total. The van der Waals surface area contributed by atoms with Crippen molar-refractivity contribution in [3.8, 4) is 0 Å². The van der Waals surface area contributed by atoms with Gasteiger partial charge in [-0.1, -0.05) is 60.8 Å². The van der Waals surface area contributed by atoms with Crippen molar-refractivity contribution in [1.29, 1.82) is 0 Å². The molecule has 0 aromatic heterocycles. The molecule has 0 saturated heterocycles. The molecule has 1 aromatic carbocycles. The van der Waals surface area contributed by atoms with Crippen molar-refractivity contribution in [2.45, 2.75) is 46.1 Å². The van der Waals surface area contributed by atoms with Crippen molar-refractivity contribution in [3.05, 3.63) is 33.8 Å². The summed E-state index contributed by atoms with van der Waals surface area (Å²) in [6.07, 6.45) is 3.75. The molecule has 1 N–H and O–H groups in total. The summed E-state index contributed by atoms with van der Waals surface area (Å²) >= 11 is 3.70. The van der Waals surface area contributed by atoms with Crippen LogP contribution in [0.3, 0.4) is 0 Å². The summed E-state index contributed by atoms with van der Waals surface area (Å²) in [5.74, 6) is 0. The summed E-state index contributed by atoms with van der Waals surface area (Å²) < 4.78 is 1.26. The zero-order valence-electron chi connectivity index (χ0n) is 10.5. The molecule has 90 valence electrons. The summed E-state index contributed by atoms with van der Waals surface area (Å²) in [7, 11) is 0. The van der Waals surface area contributed by atoms with Crippen LogP contribution < -0.4 is 5.32 Å². The average Bonchev–Trinajstić information content (AvgIpc) is 2.28. The fourth-order valence-electron chi connectivity index (χ4n) is 1.96. The van der Waals surface area contributed by atoms with E-state index < -0.39 is 0 Å². The number of aryl methyl sites for hydroxylation is 1. The molecule has 16 heavy (non-hydrogen) atoms. The number of unbranched alkanes of at least 4 members (excludes halogenated alkanes) is 1. The topological polar surface area (TPSA) is 12.0 Å². The third kappa shape index (κ3) is 3.60. The van der Waals surface area contributed by atoms with Crippen molar-refractivity contribution in [2.24, 2.45) is 0 Å². The van der Waals surface area contributed by atoms with Gasteiger partial charge in [0.15, 0.2) is 0 Å². The lowest BCUT2D eigenvalue weighted by Gasteiger charge is -2.20. The number of hydrogen-bond donors (Lipinski definition) is 1. The van der Waals surface area contributed by atoms with Gasteiger partial charge < -0.3 is 5.32 Å². The fourth-order valence-corrected chi connectivity index (χ4v) is 2.50. The highest BCUT2D eigenvalue weighted by molar-refractivity contribution is 9.10. The first-order valence-electron chi connectivity index (χ1n) is 6.19. The highest BCUT2D eigenvalue weighted by Crippen LogP contribution is 2.29. The van der Waals surface area contributed by atoms with Gasteiger partial charge in [0.25, 0.3) is 0 Å². The van der Waals surface area contributed by atoms with Gasteiger partial charge in [-0.15, -0.1) is 0 Å². The van der Waals surface area contributed by atoms with Gasteiger partial charge in [-0.25, -0.2) is 0 Å². The minimum absolute atomic E-state index is 0.485. The molecule has 0 aliphatic heterocycles. The van der Waals surface area contributed by atoms with Crippen molar-refractivity contribution < 1.29 is 0 Å². The second-order valence-corrected chi connectivity index (χ2v) is 5.02. The van der Waals surface area contributed by atoms with E-state index in [2.05, 4.69) is 60.2 Å². The quantitative estimate of drug-likeness (QED) is 0.805. The predicted octanol–water partition coefficient (Wildman–Crippen LogP) is 4.60. The van der Waals surface area contributed by atoms with E-state index in [0.717, 1.165) is 6.54 Å². The Labute approximate surface area is 108 Å². The van der Waals surface area contributed by atoms with Crippen molar-refractivity contribution in [3.63, 3.8) is 0 Å². The van der Waals surface area contributed by atoms with Crippen LogP contribution in [0.5, 0.6) is 0 Å². The Bertz CT molecular complexity index is 323. The van der Waals surface area contributed by atoms with Crippen LogP contribution in [0.25, 0.3) is 0 Å². The van der Waals surface area contributed by atoms with E-state index >= 15 is 0 Å². The minimum atomic E-state index is 0.485. The van der Waals surface area contributed by atoms with Gasteiger partial charge in [0, 0.05) is 10.5 Å². The van der Waals surface area contributed by atoms with E-state index in [4.69, 9.17) is 0 Å². The number of rotatable bonds is 6. The lowest BCUT2D eigenvalue weighted by atomic mass is 9.99. The Kier molecular flexibility index (Phi) is 6.07. The molecule has 0 radical (unpaired) electrons. The highest BCUT2D eigenvalue weighted by atomic mass is 79.9. The minimum Gasteiger partial charge on any atom is -0.310 e. The SMILES string of the molecule is CCCCC(NCC)c1cccc(C)c1Br. The van der Waals surface area contributed by atoms with Gasteiger partial charge >= 0.3 is 0 Å². The molecule has 0 heterocycles. The van der Waals surface area contributed by atoms with Crippen molar-refractivity contribution in [1.82, 2.24) is 5.32 Å². The van der Waals surface area contributed by atoms with Crippen LogP contribution in [0, 0.1) is 6.92 Å². The fraction of sp³-hybridized carbons (Fsp3) is 0.571. The number of halogens is 1. The maximum Gasteiger partial charge on any atom is 0.0331 e. The van der Waals surface area contributed by atoms with E-state index in [0.29, 0.717) is 6.04 Å². The first-order valence-corrected chi connectivity index (χ1v) is 6.98. The zero-order chi connectivity index (χ0) is 12.0. The van der Waals surface area contributed by atoms with Gasteiger partial charge in [0.2, 0.25) is 0 Å². The van der Waals surface area contributed by atoms with E-state index in [1.165, 1.54) is 34.9 Å². The van der Waals surface area contributed by atoms with Crippen LogP contribution >= 0.6 is 15.9 Å². The molecule has 0 bridgehead atoms. The van der Waals surface area contributed by atoms with Gasteiger partial charge in [0.1, 0.15) is 0 Å². The van der Waals surface area contributed by atoms with Crippen LogP contribution in [-0.2, 0) is 0 Å². The number of benzene rings is 1. The van der Waals surface area contributed by atoms with E-state index in [-0.39, 0.29) is 0 Å². The Hall–Kier alpha value is -0.340. The summed E-state index contributed by atoms with van der Waals surface area (Å²) in [6.45, 7) is 7.59. The highest BCUT2D eigenvalue weighted by Gasteiger charge is 2.13.